The monoisotopic (exact) mass is 185 g/mol. The molecule has 1 aliphatic rings. The van der Waals surface area contributed by atoms with Gasteiger partial charge in [0.2, 0.25) is 0 Å². The van der Waals surface area contributed by atoms with E-state index in [9.17, 15) is 4.79 Å². The molecular formula is C10H19NO2. The van der Waals surface area contributed by atoms with Crippen molar-refractivity contribution >= 4 is 5.97 Å². The number of nitrogens with zero attached hydrogens (tertiary/aromatic N) is 1. The van der Waals surface area contributed by atoms with Crippen molar-refractivity contribution in [3.63, 3.8) is 0 Å². The molecule has 0 aromatic rings. The van der Waals surface area contributed by atoms with E-state index in [1.807, 2.05) is 0 Å². The van der Waals surface area contributed by atoms with Crippen molar-refractivity contribution in [2.45, 2.75) is 25.7 Å². The Balaban J connectivity index is 2.02. The van der Waals surface area contributed by atoms with Gasteiger partial charge in [0.15, 0.2) is 0 Å². The van der Waals surface area contributed by atoms with Crippen LogP contribution in [0.3, 0.4) is 0 Å². The van der Waals surface area contributed by atoms with E-state index in [1.165, 1.54) is 26.4 Å². The van der Waals surface area contributed by atoms with Crippen LogP contribution in [0.15, 0.2) is 0 Å². The summed E-state index contributed by atoms with van der Waals surface area (Å²) in [6, 6.07) is 0. The van der Waals surface area contributed by atoms with Crippen LogP contribution in [-0.4, -0.2) is 38.1 Å². The lowest BCUT2D eigenvalue weighted by Crippen LogP contribution is -2.31. The molecule has 1 aliphatic carbocycles. The van der Waals surface area contributed by atoms with Crippen molar-refractivity contribution in [1.29, 1.82) is 0 Å². The van der Waals surface area contributed by atoms with E-state index in [-0.39, 0.29) is 5.97 Å². The first-order valence-corrected chi connectivity index (χ1v) is 4.97. The van der Waals surface area contributed by atoms with Gasteiger partial charge < -0.3 is 9.64 Å². The van der Waals surface area contributed by atoms with Crippen molar-refractivity contribution in [3.05, 3.63) is 0 Å². The average Bonchev–Trinajstić information content (AvgIpc) is 2.07. The molecule has 0 radical (unpaired) electrons. The molecule has 0 N–H and O–H groups in total. The first-order chi connectivity index (χ1) is 6.22. The minimum Gasteiger partial charge on any atom is -0.469 e. The summed E-state index contributed by atoms with van der Waals surface area (Å²) in [7, 11) is 3.51. The van der Waals surface area contributed by atoms with Crippen LogP contribution in [0.5, 0.6) is 0 Å². The standard InChI is InChI=1S/C10H19NO2/c1-11(7-6-10(12)13-2)8-9-4-3-5-9/h9H,3-8H2,1-2H3. The van der Waals surface area contributed by atoms with Gasteiger partial charge in [0.25, 0.3) is 0 Å². The molecule has 0 atom stereocenters. The quantitative estimate of drug-likeness (QED) is 0.604. The molecule has 1 saturated carbocycles. The van der Waals surface area contributed by atoms with Crippen molar-refractivity contribution in [2.24, 2.45) is 5.92 Å². The fraction of sp³-hybridized carbons (Fsp3) is 0.900. The second kappa shape index (κ2) is 5.22. The highest BCUT2D eigenvalue weighted by Gasteiger charge is 2.18. The molecule has 13 heavy (non-hydrogen) atoms. The van der Waals surface area contributed by atoms with Gasteiger partial charge in [-0.05, 0) is 25.8 Å². The van der Waals surface area contributed by atoms with E-state index in [1.54, 1.807) is 0 Å². The Morgan fingerprint density at radius 2 is 2.23 bits per heavy atom. The molecule has 76 valence electrons. The molecule has 0 saturated heterocycles. The molecule has 0 unspecified atom stereocenters. The fourth-order valence-electron chi connectivity index (χ4n) is 1.59. The Labute approximate surface area is 80.1 Å². The predicted octanol–water partition coefficient (Wildman–Crippen LogP) is 1.28. The van der Waals surface area contributed by atoms with Crippen LogP contribution >= 0.6 is 0 Å². The SMILES string of the molecule is COC(=O)CCN(C)CC1CCC1. The highest BCUT2D eigenvalue weighted by Crippen LogP contribution is 2.26. The smallest absolute Gasteiger partial charge is 0.306 e. The number of carbonyl (C=O) groups is 1. The van der Waals surface area contributed by atoms with Crippen molar-refractivity contribution < 1.29 is 9.53 Å². The van der Waals surface area contributed by atoms with Gasteiger partial charge in [-0.3, -0.25) is 4.79 Å². The molecule has 1 fully saturated rings. The van der Waals surface area contributed by atoms with E-state index in [0.717, 1.165) is 19.0 Å². The Bertz CT molecular complexity index is 166. The molecule has 3 nitrogen and oxygen atoms in total. The van der Waals surface area contributed by atoms with Gasteiger partial charge in [-0.15, -0.1) is 0 Å². The van der Waals surface area contributed by atoms with Crippen LogP contribution in [0.25, 0.3) is 0 Å². The Morgan fingerprint density at radius 1 is 1.54 bits per heavy atom. The summed E-state index contributed by atoms with van der Waals surface area (Å²) in [5, 5.41) is 0. The minimum atomic E-state index is -0.111. The molecular weight excluding hydrogens is 166 g/mol. The minimum absolute atomic E-state index is 0.111. The summed E-state index contributed by atoms with van der Waals surface area (Å²) in [5.74, 6) is 0.767. The number of ether oxygens (including phenoxy) is 1. The third-order valence-corrected chi connectivity index (χ3v) is 2.72. The second-order valence-corrected chi connectivity index (χ2v) is 3.89. The van der Waals surface area contributed by atoms with E-state index in [4.69, 9.17) is 0 Å². The van der Waals surface area contributed by atoms with Crippen molar-refractivity contribution in [2.75, 3.05) is 27.2 Å². The molecule has 0 amide bonds. The molecule has 0 aromatic carbocycles. The predicted molar refractivity (Wildman–Crippen MR) is 51.5 cm³/mol. The summed E-state index contributed by atoms with van der Waals surface area (Å²) < 4.78 is 4.58. The summed E-state index contributed by atoms with van der Waals surface area (Å²) in [6.07, 6.45) is 4.63. The average molecular weight is 185 g/mol. The van der Waals surface area contributed by atoms with Crippen LogP contribution in [-0.2, 0) is 9.53 Å². The highest BCUT2D eigenvalue weighted by molar-refractivity contribution is 5.69. The zero-order valence-electron chi connectivity index (χ0n) is 8.58. The molecule has 0 aliphatic heterocycles. The van der Waals surface area contributed by atoms with Crippen molar-refractivity contribution in [1.82, 2.24) is 4.90 Å². The van der Waals surface area contributed by atoms with E-state index < -0.39 is 0 Å². The molecule has 0 aromatic heterocycles. The summed E-state index contributed by atoms with van der Waals surface area (Å²) >= 11 is 0. The number of esters is 1. The lowest BCUT2D eigenvalue weighted by Gasteiger charge is -2.29. The largest absolute Gasteiger partial charge is 0.469 e. The number of rotatable bonds is 5. The highest BCUT2D eigenvalue weighted by atomic mass is 16.5. The number of hydrogen-bond donors (Lipinski definition) is 0. The third-order valence-electron chi connectivity index (χ3n) is 2.72. The summed E-state index contributed by atoms with van der Waals surface area (Å²) in [6.45, 7) is 1.96. The Hall–Kier alpha value is -0.570. The zero-order chi connectivity index (χ0) is 9.68. The van der Waals surface area contributed by atoms with Crippen molar-refractivity contribution in [3.8, 4) is 0 Å². The topological polar surface area (TPSA) is 29.5 Å². The lowest BCUT2D eigenvalue weighted by molar-refractivity contribution is -0.140. The third kappa shape index (κ3) is 3.77. The Kier molecular flexibility index (Phi) is 4.22. The van der Waals surface area contributed by atoms with Gasteiger partial charge in [-0.2, -0.15) is 0 Å². The van der Waals surface area contributed by atoms with Crippen LogP contribution in [0.2, 0.25) is 0 Å². The second-order valence-electron chi connectivity index (χ2n) is 3.89. The van der Waals surface area contributed by atoms with Crippen LogP contribution in [0.1, 0.15) is 25.7 Å². The first kappa shape index (κ1) is 10.5. The van der Waals surface area contributed by atoms with Gasteiger partial charge in [-0.1, -0.05) is 6.42 Å². The maximum absolute atomic E-state index is 10.8. The zero-order valence-corrected chi connectivity index (χ0v) is 8.58. The maximum Gasteiger partial charge on any atom is 0.306 e. The number of carbonyl (C=O) groups excluding carboxylic acids is 1. The van der Waals surface area contributed by atoms with Gasteiger partial charge in [0.05, 0.1) is 13.5 Å². The van der Waals surface area contributed by atoms with Crippen LogP contribution in [0, 0.1) is 5.92 Å². The van der Waals surface area contributed by atoms with Gasteiger partial charge >= 0.3 is 5.97 Å². The molecule has 3 heteroatoms. The summed E-state index contributed by atoms with van der Waals surface area (Å²) in [5.41, 5.74) is 0. The van der Waals surface area contributed by atoms with Crippen LogP contribution in [0.4, 0.5) is 0 Å². The molecule has 1 rings (SSSR count). The Morgan fingerprint density at radius 3 is 2.69 bits per heavy atom. The van der Waals surface area contributed by atoms with E-state index in [0.29, 0.717) is 6.42 Å². The molecule has 0 spiro atoms. The molecule has 0 heterocycles. The van der Waals surface area contributed by atoms with E-state index >= 15 is 0 Å². The van der Waals surface area contributed by atoms with Gasteiger partial charge in [0.1, 0.15) is 0 Å². The number of hydrogen-bond acceptors (Lipinski definition) is 3. The summed E-state index contributed by atoms with van der Waals surface area (Å²) in [4.78, 5) is 13.1. The first-order valence-electron chi connectivity index (χ1n) is 4.97. The lowest BCUT2D eigenvalue weighted by atomic mass is 9.85. The van der Waals surface area contributed by atoms with Gasteiger partial charge in [-0.25, -0.2) is 0 Å². The van der Waals surface area contributed by atoms with Crippen LogP contribution < -0.4 is 0 Å². The maximum atomic E-state index is 10.8. The molecule has 0 bridgehead atoms. The number of methoxy groups -OCH3 is 1. The normalized spacial score (nSPS) is 17.2. The fourth-order valence-corrected chi connectivity index (χ4v) is 1.59. The van der Waals surface area contributed by atoms with Gasteiger partial charge in [0, 0.05) is 13.1 Å². The van der Waals surface area contributed by atoms with E-state index in [2.05, 4.69) is 16.7 Å².